The third kappa shape index (κ3) is 2.21. The van der Waals surface area contributed by atoms with Crippen molar-refractivity contribution in [3.8, 4) is 0 Å². The molecule has 1 atom stereocenters. The third-order valence-corrected chi connectivity index (χ3v) is 3.89. The van der Waals surface area contributed by atoms with E-state index in [0.717, 1.165) is 32.4 Å². The number of carbonyl (C=O) groups excluding carboxylic acids is 1. The summed E-state index contributed by atoms with van der Waals surface area (Å²) in [6.45, 7) is 1.58. The molecule has 5 heteroatoms. The number of carbonyl (C=O) groups is 1. The Kier molecular flexibility index (Phi) is 3.47. The van der Waals surface area contributed by atoms with Crippen LogP contribution in [0.15, 0.2) is 0 Å². The molecular weight excluding hydrogens is 208 g/mol. The molecule has 1 aliphatic heterocycles. The quantitative estimate of drug-likeness (QED) is 0.489. The standard InChI is InChI=1S/C11H20N2O3/c14-6-8(7-15)13-10(16)9-5-11(9)1-3-12-4-2-11/h8-9,12,14-15H,1-7H2,(H,13,16). The number of hydrogen-bond acceptors (Lipinski definition) is 4. The largest absolute Gasteiger partial charge is 0.394 e. The van der Waals surface area contributed by atoms with Crippen LogP contribution in [0.1, 0.15) is 19.3 Å². The maximum absolute atomic E-state index is 11.9. The zero-order valence-corrected chi connectivity index (χ0v) is 9.41. The number of amides is 1. The second-order valence-electron chi connectivity index (χ2n) is 4.94. The van der Waals surface area contributed by atoms with Gasteiger partial charge in [-0.25, -0.2) is 0 Å². The van der Waals surface area contributed by atoms with Crippen molar-refractivity contribution in [3.05, 3.63) is 0 Å². The Morgan fingerprint density at radius 3 is 2.56 bits per heavy atom. The van der Waals surface area contributed by atoms with Gasteiger partial charge in [-0.2, -0.15) is 0 Å². The molecule has 0 aromatic heterocycles. The predicted octanol–water partition coefficient (Wildman–Crippen LogP) is -1.15. The van der Waals surface area contributed by atoms with E-state index in [-0.39, 0.29) is 30.5 Å². The Balaban J connectivity index is 1.83. The average molecular weight is 228 g/mol. The molecule has 16 heavy (non-hydrogen) atoms. The lowest BCUT2D eigenvalue weighted by atomic mass is 9.91. The van der Waals surface area contributed by atoms with Crippen molar-refractivity contribution >= 4 is 5.91 Å². The number of aliphatic hydroxyl groups is 2. The maximum Gasteiger partial charge on any atom is 0.224 e. The minimum absolute atomic E-state index is 0.00463. The van der Waals surface area contributed by atoms with E-state index >= 15 is 0 Å². The molecule has 2 fully saturated rings. The molecule has 0 aromatic carbocycles. The van der Waals surface area contributed by atoms with E-state index in [1.807, 2.05) is 0 Å². The summed E-state index contributed by atoms with van der Waals surface area (Å²) in [7, 11) is 0. The second-order valence-corrected chi connectivity index (χ2v) is 4.94. The molecule has 92 valence electrons. The Morgan fingerprint density at radius 1 is 1.38 bits per heavy atom. The van der Waals surface area contributed by atoms with Gasteiger partial charge in [-0.1, -0.05) is 0 Å². The summed E-state index contributed by atoms with van der Waals surface area (Å²) in [5.41, 5.74) is 0.213. The first-order valence-corrected chi connectivity index (χ1v) is 5.95. The minimum Gasteiger partial charge on any atom is -0.394 e. The molecule has 1 amide bonds. The molecule has 4 N–H and O–H groups in total. The van der Waals surface area contributed by atoms with Crippen molar-refractivity contribution in [2.45, 2.75) is 25.3 Å². The van der Waals surface area contributed by atoms with Gasteiger partial charge in [0.05, 0.1) is 19.3 Å². The smallest absolute Gasteiger partial charge is 0.224 e. The Labute approximate surface area is 95.2 Å². The molecule has 1 aliphatic carbocycles. The Hall–Kier alpha value is -0.650. The van der Waals surface area contributed by atoms with Crippen LogP contribution < -0.4 is 10.6 Å². The zero-order valence-electron chi connectivity index (χ0n) is 9.41. The summed E-state index contributed by atoms with van der Waals surface area (Å²) < 4.78 is 0. The fourth-order valence-corrected chi connectivity index (χ4v) is 2.65. The molecule has 1 spiro atoms. The van der Waals surface area contributed by atoms with E-state index in [1.165, 1.54) is 0 Å². The van der Waals surface area contributed by atoms with Crippen molar-refractivity contribution in [2.75, 3.05) is 26.3 Å². The lowest BCUT2D eigenvalue weighted by molar-refractivity contribution is -0.124. The van der Waals surface area contributed by atoms with Crippen molar-refractivity contribution in [3.63, 3.8) is 0 Å². The van der Waals surface area contributed by atoms with Crippen molar-refractivity contribution in [1.82, 2.24) is 10.6 Å². The van der Waals surface area contributed by atoms with Gasteiger partial charge >= 0.3 is 0 Å². The van der Waals surface area contributed by atoms with Crippen LogP contribution in [0.4, 0.5) is 0 Å². The predicted molar refractivity (Wildman–Crippen MR) is 58.7 cm³/mol. The van der Waals surface area contributed by atoms with E-state index < -0.39 is 6.04 Å². The fourth-order valence-electron chi connectivity index (χ4n) is 2.65. The minimum atomic E-state index is -0.508. The van der Waals surface area contributed by atoms with Crippen LogP contribution in [0.2, 0.25) is 0 Å². The summed E-state index contributed by atoms with van der Waals surface area (Å²) in [5, 5.41) is 23.8. The number of piperidine rings is 1. The third-order valence-electron chi connectivity index (χ3n) is 3.89. The van der Waals surface area contributed by atoms with Crippen molar-refractivity contribution < 1.29 is 15.0 Å². The van der Waals surface area contributed by atoms with Gasteiger partial charge in [-0.15, -0.1) is 0 Å². The van der Waals surface area contributed by atoms with E-state index in [2.05, 4.69) is 10.6 Å². The Morgan fingerprint density at radius 2 is 2.00 bits per heavy atom. The first kappa shape index (κ1) is 11.8. The van der Waals surface area contributed by atoms with Gasteiger partial charge in [0.1, 0.15) is 0 Å². The summed E-state index contributed by atoms with van der Waals surface area (Å²) in [6.07, 6.45) is 3.09. The molecule has 0 radical (unpaired) electrons. The lowest BCUT2D eigenvalue weighted by Crippen LogP contribution is -2.42. The highest BCUT2D eigenvalue weighted by Crippen LogP contribution is 2.58. The number of hydrogen-bond donors (Lipinski definition) is 4. The van der Waals surface area contributed by atoms with Crippen LogP contribution in [-0.2, 0) is 4.79 Å². The normalized spacial score (nSPS) is 27.1. The molecular formula is C11H20N2O3. The molecule has 0 aromatic rings. The van der Waals surface area contributed by atoms with Gasteiger partial charge in [-0.3, -0.25) is 4.79 Å². The van der Waals surface area contributed by atoms with Crippen LogP contribution in [0.25, 0.3) is 0 Å². The lowest BCUT2D eigenvalue weighted by Gasteiger charge is -2.23. The molecule has 5 nitrogen and oxygen atoms in total. The molecule has 1 unspecified atom stereocenters. The van der Waals surface area contributed by atoms with E-state index in [1.54, 1.807) is 0 Å². The zero-order chi connectivity index (χ0) is 11.6. The number of rotatable bonds is 4. The van der Waals surface area contributed by atoms with E-state index in [9.17, 15) is 4.79 Å². The van der Waals surface area contributed by atoms with Crippen LogP contribution >= 0.6 is 0 Å². The first-order chi connectivity index (χ1) is 7.72. The monoisotopic (exact) mass is 228 g/mol. The van der Waals surface area contributed by atoms with Gasteiger partial charge < -0.3 is 20.8 Å². The van der Waals surface area contributed by atoms with E-state index in [0.29, 0.717) is 0 Å². The molecule has 0 bridgehead atoms. The summed E-state index contributed by atoms with van der Waals surface area (Å²) in [4.78, 5) is 11.9. The average Bonchev–Trinajstić information content (AvgIpc) is 3.00. The van der Waals surface area contributed by atoms with Crippen LogP contribution in [0, 0.1) is 11.3 Å². The highest BCUT2D eigenvalue weighted by atomic mass is 16.3. The second kappa shape index (κ2) is 4.69. The summed E-state index contributed by atoms with van der Waals surface area (Å²) in [5.74, 6) is 0.0881. The maximum atomic E-state index is 11.9. The highest BCUT2D eigenvalue weighted by Gasteiger charge is 2.57. The molecule has 2 rings (SSSR count). The topological polar surface area (TPSA) is 81.6 Å². The van der Waals surface area contributed by atoms with Gasteiger partial charge in [-0.05, 0) is 37.8 Å². The molecule has 2 aliphatic rings. The van der Waals surface area contributed by atoms with Gasteiger partial charge in [0.25, 0.3) is 0 Å². The summed E-state index contributed by atoms with van der Waals surface area (Å²) in [6, 6.07) is -0.508. The molecule has 1 saturated carbocycles. The Bertz CT molecular complexity index is 260. The molecule has 1 heterocycles. The van der Waals surface area contributed by atoms with Gasteiger partial charge in [0, 0.05) is 5.92 Å². The van der Waals surface area contributed by atoms with Gasteiger partial charge in [0.15, 0.2) is 0 Å². The van der Waals surface area contributed by atoms with Crippen LogP contribution in [-0.4, -0.2) is 48.5 Å². The number of nitrogens with one attached hydrogen (secondary N) is 2. The van der Waals surface area contributed by atoms with Crippen molar-refractivity contribution in [1.29, 1.82) is 0 Å². The SMILES string of the molecule is O=C(NC(CO)CO)C1CC12CCNCC2. The van der Waals surface area contributed by atoms with E-state index in [4.69, 9.17) is 10.2 Å². The number of aliphatic hydroxyl groups excluding tert-OH is 2. The fraction of sp³-hybridized carbons (Fsp3) is 0.909. The van der Waals surface area contributed by atoms with Crippen LogP contribution in [0.3, 0.4) is 0 Å². The highest BCUT2D eigenvalue weighted by molar-refractivity contribution is 5.82. The van der Waals surface area contributed by atoms with Crippen molar-refractivity contribution in [2.24, 2.45) is 11.3 Å². The van der Waals surface area contributed by atoms with Gasteiger partial charge in [0.2, 0.25) is 5.91 Å². The van der Waals surface area contributed by atoms with Crippen LogP contribution in [0.5, 0.6) is 0 Å². The first-order valence-electron chi connectivity index (χ1n) is 5.95. The summed E-state index contributed by atoms with van der Waals surface area (Å²) >= 11 is 0. The molecule has 1 saturated heterocycles.